The lowest BCUT2D eigenvalue weighted by atomic mass is 10.1. The van der Waals surface area contributed by atoms with E-state index in [1.165, 1.54) is 18.2 Å². The second-order valence-corrected chi connectivity index (χ2v) is 6.95. The number of carbonyl (C=O) groups excluding carboxylic acids is 1. The fourth-order valence-corrected chi connectivity index (χ4v) is 3.01. The summed E-state index contributed by atoms with van der Waals surface area (Å²) in [6.07, 6.45) is 1.51. The molecular formula is C23H16BrFN2O2. The Bertz CT molecular complexity index is 1070. The van der Waals surface area contributed by atoms with Crippen molar-refractivity contribution in [2.75, 3.05) is 5.32 Å². The number of rotatable bonds is 6. The van der Waals surface area contributed by atoms with Crippen LogP contribution < -0.4 is 10.1 Å². The van der Waals surface area contributed by atoms with Gasteiger partial charge >= 0.3 is 0 Å². The summed E-state index contributed by atoms with van der Waals surface area (Å²) in [7, 11) is 0. The standard InChI is InChI=1S/C23H16BrFN2O2/c24-21-13-17(8-11-22(21)29-15-16-6-9-19(25)10-7-16)12-18(14-26)23(28)27-20-4-2-1-3-5-20/h1-13H,15H2,(H,27,28)/b18-12-. The van der Waals surface area contributed by atoms with E-state index in [4.69, 9.17) is 4.74 Å². The summed E-state index contributed by atoms with van der Waals surface area (Å²) in [6, 6.07) is 22.2. The molecule has 0 fully saturated rings. The number of benzene rings is 3. The largest absolute Gasteiger partial charge is 0.488 e. The van der Waals surface area contributed by atoms with Crippen LogP contribution in [0, 0.1) is 17.1 Å². The van der Waals surface area contributed by atoms with Gasteiger partial charge in [0.05, 0.1) is 4.47 Å². The maximum absolute atomic E-state index is 13.0. The van der Waals surface area contributed by atoms with E-state index >= 15 is 0 Å². The molecule has 0 spiro atoms. The molecule has 0 saturated carbocycles. The van der Waals surface area contributed by atoms with Gasteiger partial charge in [-0.1, -0.05) is 36.4 Å². The molecule has 3 aromatic rings. The molecule has 1 amide bonds. The Hall–Kier alpha value is -3.43. The molecule has 29 heavy (non-hydrogen) atoms. The average Bonchev–Trinajstić information content (AvgIpc) is 2.73. The molecular weight excluding hydrogens is 435 g/mol. The fourth-order valence-electron chi connectivity index (χ4n) is 2.50. The summed E-state index contributed by atoms with van der Waals surface area (Å²) >= 11 is 3.44. The highest BCUT2D eigenvalue weighted by atomic mass is 79.9. The number of para-hydroxylation sites is 1. The molecule has 1 N–H and O–H groups in total. The third-order valence-corrected chi connectivity index (χ3v) is 4.59. The molecule has 0 heterocycles. The molecule has 0 aromatic heterocycles. The molecule has 6 heteroatoms. The Morgan fingerprint density at radius 1 is 1.10 bits per heavy atom. The van der Waals surface area contributed by atoms with Gasteiger partial charge in [-0.3, -0.25) is 4.79 Å². The molecule has 0 atom stereocenters. The number of halogens is 2. The van der Waals surface area contributed by atoms with E-state index in [9.17, 15) is 14.4 Å². The first-order valence-corrected chi connectivity index (χ1v) is 9.49. The van der Waals surface area contributed by atoms with E-state index < -0.39 is 5.91 Å². The quantitative estimate of drug-likeness (QED) is 0.386. The van der Waals surface area contributed by atoms with Crippen molar-refractivity contribution in [3.05, 3.63) is 99.8 Å². The Kier molecular flexibility index (Phi) is 6.77. The van der Waals surface area contributed by atoms with Crippen molar-refractivity contribution in [1.82, 2.24) is 0 Å². The maximum Gasteiger partial charge on any atom is 0.266 e. The predicted molar refractivity (Wildman–Crippen MR) is 114 cm³/mol. The van der Waals surface area contributed by atoms with Gasteiger partial charge in [0.2, 0.25) is 0 Å². The molecule has 0 radical (unpaired) electrons. The van der Waals surface area contributed by atoms with Crippen molar-refractivity contribution >= 4 is 33.6 Å². The van der Waals surface area contributed by atoms with Gasteiger partial charge in [-0.25, -0.2) is 4.39 Å². The zero-order valence-corrected chi connectivity index (χ0v) is 16.8. The number of nitrogens with one attached hydrogen (secondary N) is 1. The second-order valence-electron chi connectivity index (χ2n) is 6.09. The molecule has 3 rings (SSSR count). The van der Waals surface area contributed by atoms with Crippen LogP contribution in [-0.2, 0) is 11.4 Å². The molecule has 0 aliphatic heterocycles. The first-order chi connectivity index (χ1) is 14.0. The van der Waals surface area contributed by atoms with Gasteiger partial charge < -0.3 is 10.1 Å². The second kappa shape index (κ2) is 9.67. The lowest BCUT2D eigenvalue weighted by Gasteiger charge is -2.09. The minimum absolute atomic E-state index is 0.0132. The van der Waals surface area contributed by atoms with Gasteiger partial charge in [0.1, 0.15) is 29.8 Å². The minimum atomic E-state index is -0.480. The minimum Gasteiger partial charge on any atom is -0.488 e. The van der Waals surface area contributed by atoms with Crippen molar-refractivity contribution in [3.8, 4) is 11.8 Å². The van der Waals surface area contributed by atoms with Gasteiger partial charge in [-0.2, -0.15) is 5.26 Å². The first kappa shape index (κ1) is 20.3. The number of hydrogen-bond donors (Lipinski definition) is 1. The highest BCUT2D eigenvalue weighted by Gasteiger charge is 2.10. The van der Waals surface area contributed by atoms with Gasteiger partial charge in [-0.05, 0) is 69.5 Å². The Balaban J connectivity index is 1.70. The van der Waals surface area contributed by atoms with Crippen molar-refractivity contribution in [3.63, 3.8) is 0 Å². The van der Waals surface area contributed by atoms with Crippen molar-refractivity contribution in [1.29, 1.82) is 5.26 Å². The van der Waals surface area contributed by atoms with Crippen LogP contribution in [-0.4, -0.2) is 5.91 Å². The van der Waals surface area contributed by atoms with Gasteiger partial charge in [0, 0.05) is 5.69 Å². The van der Waals surface area contributed by atoms with E-state index in [-0.39, 0.29) is 18.0 Å². The summed E-state index contributed by atoms with van der Waals surface area (Å²) in [5.41, 5.74) is 2.11. The molecule has 4 nitrogen and oxygen atoms in total. The summed E-state index contributed by atoms with van der Waals surface area (Å²) in [6.45, 7) is 0.289. The summed E-state index contributed by atoms with van der Waals surface area (Å²) in [4.78, 5) is 12.3. The number of amides is 1. The zero-order valence-electron chi connectivity index (χ0n) is 15.2. The van der Waals surface area contributed by atoms with Crippen LogP contribution in [0.15, 0.2) is 82.8 Å². The van der Waals surface area contributed by atoms with Crippen LogP contribution in [0.1, 0.15) is 11.1 Å². The van der Waals surface area contributed by atoms with Crippen molar-refractivity contribution < 1.29 is 13.9 Å². The average molecular weight is 451 g/mol. The summed E-state index contributed by atoms with van der Waals surface area (Å²) in [5.74, 6) is -0.180. The molecule has 0 bridgehead atoms. The van der Waals surface area contributed by atoms with Crippen LogP contribution in [0.25, 0.3) is 6.08 Å². The Morgan fingerprint density at radius 2 is 1.83 bits per heavy atom. The van der Waals surface area contributed by atoms with Gasteiger partial charge in [0.15, 0.2) is 0 Å². The third kappa shape index (κ3) is 5.77. The van der Waals surface area contributed by atoms with Crippen molar-refractivity contribution in [2.45, 2.75) is 6.61 Å². The van der Waals surface area contributed by atoms with Crippen molar-refractivity contribution in [2.24, 2.45) is 0 Å². The zero-order chi connectivity index (χ0) is 20.6. The number of nitrogens with zero attached hydrogens (tertiary/aromatic N) is 1. The number of nitriles is 1. The number of hydrogen-bond acceptors (Lipinski definition) is 3. The lowest BCUT2D eigenvalue weighted by molar-refractivity contribution is -0.112. The molecule has 0 saturated heterocycles. The smallest absolute Gasteiger partial charge is 0.266 e. The molecule has 3 aromatic carbocycles. The van der Waals surface area contributed by atoms with Crippen LogP contribution in [0.3, 0.4) is 0 Å². The molecule has 0 aliphatic rings. The first-order valence-electron chi connectivity index (χ1n) is 8.70. The summed E-state index contributed by atoms with van der Waals surface area (Å²) < 4.78 is 19.4. The highest BCUT2D eigenvalue weighted by molar-refractivity contribution is 9.10. The van der Waals surface area contributed by atoms with Crippen LogP contribution in [0.5, 0.6) is 5.75 Å². The monoisotopic (exact) mass is 450 g/mol. The van der Waals surface area contributed by atoms with E-state index in [0.717, 1.165) is 5.56 Å². The Labute approximate surface area is 176 Å². The maximum atomic E-state index is 13.0. The van der Waals surface area contributed by atoms with E-state index in [1.54, 1.807) is 54.6 Å². The summed E-state index contributed by atoms with van der Waals surface area (Å²) in [5, 5.41) is 12.0. The highest BCUT2D eigenvalue weighted by Crippen LogP contribution is 2.28. The lowest BCUT2D eigenvalue weighted by Crippen LogP contribution is -2.13. The molecule has 0 unspecified atom stereocenters. The fraction of sp³-hybridized carbons (Fsp3) is 0.0435. The number of ether oxygens (including phenoxy) is 1. The number of anilines is 1. The predicted octanol–water partition coefficient (Wildman–Crippen LogP) is 5.71. The normalized spacial score (nSPS) is 10.9. The van der Waals surface area contributed by atoms with Crippen LogP contribution >= 0.6 is 15.9 Å². The third-order valence-electron chi connectivity index (χ3n) is 3.97. The van der Waals surface area contributed by atoms with Gasteiger partial charge in [0.25, 0.3) is 5.91 Å². The van der Waals surface area contributed by atoms with E-state index in [2.05, 4.69) is 21.2 Å². The van der Waals surface area contributed by atoms with Crippen LogP contribution in [0.2, 0.25) is 0 Å². The number of carbonyl (C=O) groups is 1. The Morgan fingerprint density at radius 3 is 2.48 bits per heavy atom. The molecule has 0 aliphatic carbocycles. The topological polar surface area (TPSA) is 62.1 Å². The molecule has 144 valence electrons. The van der Waals surface area contributed by atoms with E-state index in [0.29, 0.717) is 21.5 Å². The van der Waals surface area contributed by atoms with Crippen LogP contribution in [0.4, 0.5) is 10.1 Å². The SMILES string of the molecule is N#C/C(=C/c1ccc(OCc2ccc(F)cc2)c(Br)c1)C(=O)Nc1ccccc1. The van der Waals surface area contributed by atoms with E-state index in [1.807, 2.05) is 12.1 Å². The van der Waals surface area contributed by atoms with Gasteiger partial charge in [-0.15, -0.1) is 0 Å².